The highest BCUT2D eigenvalue weighted by Gasteiger charge is 2.28. The fraction of sp³-hybridized carbons (Fsp3) is 0.108. The summed E-state index contributed by atoms with van der Waals surface area (Å²) >= 11 is 0. The van der Waals surface area contributed by atoms with Crippen molar-refractivity contribution in [2.24, 2.45) is 0 Å². The molecule has 2 fully saturated rings. The highest BCUT2D eigenvalue weighted by molar-refractivity contribution is 6.44. The van der Waals surface area contributed by atoms with E-state index in [1.54, 1.807) is 0 Å². The van der Waals surface area contributed by atoms with Crippen LogP contribution in [0.4, 0.5) is 0 Å². The second kappa shape index (κ2) is 18.6. The minimum absolute atomic E-state index is 1.00. The van der Waals surface area contributed by atoms with Gasteiger partial charge in [-0.3, -0.25) is 0 Å². The standard InChI is InChI=1S/C66H38.2C4H8O/c1-5-17-39(18-6-1)59-51-37-53-54(38-52(51)60(40-19-7-2-8-20-40)64-48-30-14-26-44-34-33-43-25-13-29-47(63(59)64)55(43)56(44)48)62(42-23-11-4-12-24-42)66-50-32-16-28-46-36-35-45-27-15-31-49(57(45)58(46)50)65(66)61(53)41-21-9-3-10-22-41;2*1-2-4-5-3-1/h1-38H;2*1-4H2. The second-order valence-electron chi connectivity index (χ2n) is 20.8. The maximum Gasteiger partial charge on any atom is 0.0466 e. The van der Waals surface area contributed by atoms with Gasteiger partial charge in [-0.1, -0.05) is 218 Å². The van der Waals surface area contributed by atoms with Crippen LogP contribution in [0.15, 0.2) is 231 Å². The summed E-state index contributed by atoms with van der Waals surface area (Å²) in [5.41, 5.74) is 9.96. The van der Waals surface area contributed by atoms with Crippen molar-refractivity contribution in [3.8, 4) is 44.5 Å². The number of ether oxygens (including phenoxy) is 2. The van der Waals surface area contributed by atoms with Crippen LogP contribution in [0.25, 0.3) is 152 Å². The number of rotatable bonds is 4. The van der Waals surface area contributed by atoms with Gasteiger partial charge in [0.05, 0.1) is 0 Å². The predicted molar refractivity (Wildman–Crippen MR) is 326 cm³/mol. The molecule has 0 saturated carbocycles. The molecule has 15 aromatic rings. The van der Waals surface area contributed by atoms with Gasteiger partial charge >= 0.3 is 0 Å². The Morgan fingerprint density at radius 3 is 0.645 bits per heavy atom. The Morgan fingerprint density at radius 2 is 0.434 bits per heavy atom. The van der Waals surface area contributed by atoms with Crippen molar-refractivity contribution in [3.05, 3.63) is 231 Å². The predicted octanol–water partition coefficient (Wildman–Crippen LogP) is 20.4. The van der Waals surface area contributed by atoms with Gasteiger partial charge in [-0.15, -0.1) is 0 Å². The fourth-order valence-corrected chi connectivity index (χ4v) is 13.3. The molecular formula is C74H54O2. The topological polar surface area (TPSA) is 18.5 Å². The molecule has 0 N–H and O–H groups in total. The lowest BCUT2D eigenvalue weighted by Gasteiger charge is -2.26. The van der Waals surface area contributed by atoms with Gasteiger partial charge in [-0.2, -0.15) is 0 Å². The molecule has 362 valence electrons. The molecule has 0 radical (unpaired) electrons. The van der Waals surface area contributed by atoms with Crippen molar-refractivity contribution >= 4 is 108 Å². The van der Waals surface area contributed by atoms with Crippen LogP contribution in [0, 0.1) is 0 Å². The monoisotopic (exact) mass is 974 g/mol. The zero-order valence-corrected chi connectivity index (χ0v) is 42.4. The number of benzene rings is 15. The van der Waals surface area contributed by atoms with E-state index in [-0.39, 0.29) is 0 Å². The molecule has 2 saturated heterocycles. The van der Waals surface area contributed by atoms with Gasteiger partial charge in [0, 0.05) is 26.4 Å². The molecule has 0 aromatic heterocycles. The first-order chi connectivity index (χ1) is 37.8. The highest BCUT2D eigenvalue weighted by Crippen LogP contribution is 2.56. The van der Waals surface area contributed by atoms with Crippen molar-refractivity contribution < 1.29 is 9.47 Å². The van der Waals surface area contributed by atoms with Crippen LogP contribution in [0.3, 0.4) is 0 Å². The molecule has 2 heteroatoms. The number of hydrogen-bond donors (Lipinski definition) is 0. The van der Waals surface area contributed by atoms with E-state index in [1.165, 1.54) is 178 Å². The molecule has 0 amide bonds. The zero-order chi connectivity index (χ0) is 50.1. The van der Waals surface area contributed by atoms with Crippen molar-refractivity contribution in [3.63, 3.8) is 0 Å². The SMILES string of the molecule is C1CCOC1.C1CCOC1.c1ccc(-c2c3cc4c(-c5ccccc5)c5c6cccc7ccc8cccc(c5c(-c5ccccc5)c4cc3c(-c3ccccc3)c3c4cccc5ccc9cccc(c23)c9c54)c8c76)cc1. The largest absolute Gasteiger partial charge is 0.381 e. The lowest BCUT2D eigenvalue weighted by Crippen LogP contribution is -1.98. The summed E-state index contributed by atoms with van der Waals surface area (Å²) in [5, 5.41) is 25.8. The molecule has 2 nitrogen and oxygen atoms in total. The van der Waals surface area contributed by atoms with Gasteiger partial charge in [-0.05, 0) is 190 Å². The molecule has 2 heterocycles. The third-order valence-corrected chi connectivity index (χ3v) is 16.5. The number of hydrogen-bond acceptors (Lipinski definition) is 2. The molecule has 76 heavy (non-hydrogen) atoms. The van der Waals surface area contributed by atoms with Crippen LogP contribution in [-0.4, -0.2) is 26.4 Å². The Balaban J connectivity index is 0.000000458. The Hall–Kier alpha value is -8.66. The summed E-state index contributed by atoms with van der Waals surface area (Å²) in [6, 6.07) is 86.9. The first kappa shape index (κ1) is 44.8. The van der Waals surface area contributed by atoms with Crippen LogP contribution in [0.1, 0.15) is 25.7 Å². The van der Waals surface area contributed by atoms with Gasteiger partial charge in [0.25, 0.3) is 0 Å². The normalized spacial score (nSPS) is 13.8. The van der Waals surface area contributed by atoms with E-state index in [1.807, 2.05) is 0 Å². The van der Waals surface area contributed by atoms with Crippen LogP contribution in [0.2, 0.25) is 0 Å². The lowest BCUT2D eigenvalue weighted by atomic mass is 9.77. The molecule has 15 aromatic carbocycles. The molecule has 17 rings (SSSR count). The molecule has 0 spiro atoms. The van der Waals surface area contributed by atoms with Gasteiger partial charge in [0.15, 0.2) is 0 Å². The van der Waals surface area contributed by atoms with Crippen molar-refractivity contribution in [2.75, 3.05) is 26.4 Å². The van der Waals surface area contributed by atoms with E-state index in [0.29, 0.717) is 0 Å². The summed E-state index contributed by atoms with van der Waals surface area (Å²) in [5.74, 6) is 0. The fourth-order valence-electron chi connectivity index (χ4n) is 13.3. The zero-order valence-electron chi connectivity index (χ0n) is 42.4. The van der Waals surface area contributed by atoms with Gasteiger partial charge in [-0.25, -0.2) is 0 Å². The Morgan fingerprint density at radius 1 is 0.197 bits per heavy atom. The quantitative estimate of drug-likeness (QED) is 0.129. The molecule has 0 aliphatic carbocycles. The summed E-state index contributed by atoms with van der Waals surface area (Å²) in [6.45, 7) is 4.00. The van der Waals surface area contributed by atoms with E-state index >= 15 is 0 Å². The maximum absolute atomic E-state index is 4.94. The van der Waals surface area contributed by atoms with Crippen molar-refractivity contribution in [1.82, 2.24) is 0 Å². The smallest absolute Gasteiger partial charge is 0.0466 e. The van der Waals surface area contributed by atoms with E-state index in [9.17, 15) is 0 Å². The highest BCUT2D eigenvalue weighted by atomic mass is 16.5. The minimum atomic E-state index is 1.00. The molecule has 0 atom stereocenters. The molecule has 2 aliphatic heterocycles. The second-order valence-corrected chi connectivity index (χ2v) is 20.8. The molecule has 0 unspecified atom stereocenters. The molecule has 2 aliphatic rings. The van der Waals surface area contributed by atoms with Crippen LogP contribution >= 0.6 is 0 Å². The summed E-state index contributed by atoms with van der Waals surface area (Å²) in [6.07, 6.45) is 5.11. The summed E-state index contributed by atoms with van der Waals surface area (Å²) in [4.78, 5) is 0. The van der Waals surface area contributed by atoms with Crippen LogP contribution < -0.4 is 0 Å². The lowest BCUT2D eigenvalue weighted by molar-refractivity contribution is 0.198. The summed E-state index contributed by atoms with van der Waals surface area (Å²) in [7, 11) is 0. The Bertz CT molecular complexity index is 4050. The Kier molecular flexibility index (Phi) is 11.0. The minimum Gasteiger partial charge on any atom is -0.381 e. The van der Waals surface area contributed by atoms with Crippen molar-refractivity contribution in [1.29, 1.82) is 0 Å². The maximum atomic E-state index is 4.94. The van der Waals surface area contributed by atoms with Gasteiger partial charge in [0.2, 0.25) is 0 Å². The van der Waals surface area contributed by atoms with Gasteiger partial charge in [0.1, 0.15) is 0 Å². The summed E-state index contributed by atoms with van der Waals surface area (Å²) < 4.78 is 9.89. The van der Waals surface area contributed by atoms with Crippen LogP contribution in [-0.2, 0) is 9.47 Å². The van der Waals surface area contributed by atoms with E-state index in [2.05, 4.69) is 231 Å². The van der Waals surface area contributed by atoms with E-state index in [0.717, 1.165) is 26.4 Å². The average molecular weight is 975 g/mol. The van der Waals surface area contributed by atoms with Crippen LogP contribution in [0.5, 0.6) is 0 Å². The average Bonchev–Trinajstić information content (AvgIpc) is 4.41. The third-order valence-electron chi connectivity index (χ3n) is 16.5. The van der Waals surface area contributed by atoms with E-state index < -0.39 is 0 Å². The third kappa shape index (κ3) is 7.09. The van der Waals surface area contributed by atoms with Crippen molar-refractivity contribution in [2.45, 2.75) is 25.7 Å². The van der Waals surface area contributed by atoms with E-state index in [4.69, 9.17) is 9.47 Å². The number of fused-ring (bicyclic) bond motifs is 8. The molecular weight excluding hydrogens is 921 g/mol. The first-order valence-corrected chi connectivity index (χ1v) is 27.2. The Labute approximate surface area is 442 Å². The molecule has 0 bridgehead atoms. The van der Waals surface area contributed by atoms with Gasteiger partial charge < -0.3 is 9.47 Å². The first-order valence-electron chi connectivity index (χ1n) is 27.2.